The molecule has 2 rings (SSSR count). The minimum Gasteiger partial charge on any atom is -0.367 e. The normalized spacial score (nSPS) is 25.1. The van der Waals surface area contributed by atoms with Crippen molar-refractivity contribution in [2.45, 2.75) is 39.7 Å². The van der Waals surface area contributed by atoms with Crippen LogP contribution in [0.5, 0.6) is 0 Å². The maximum atomic E-state index is 4.36. The van der Waals surface area contributed by atoms with Gasteiger partial charge in [0.15, 0.2) is 0 Å². The second kappa shape index (κ2) is 4.21. The highest BCUT2D eigenvalue weighted by molar-refractivity contribution is 5.37. The van der Waals surface area contributed by atoms with Crippen LogP contribution >= 0.6 is 0 Å². The SMILES string of the molecule is Cc1ccc(NC2CC(C(C)C)C2)nc1. The second-order valence-corrected chi connectivity index (χ2v) is 5.04. The van der Waals surface area contributed by atoms with Crippen LogP contribution in [0.3, 0.4) is 0 Å². The van der Waals surface area contributed by atoms with Gasteiger partial charge in [-0.2, -0.15) is 0 Å². The molecule has 1 saturated carbocycles. The quantitative estimate of drug-likeness (QED) is 0.817. The molecule has 15 heavy (non-hydrogen) atoms. The summed E-state index contributed by atoms with van der Waals surface area (Å²) in [5.41, 5.74) is 1.22. The van der Waals surface area contributed by atoms with E-state index in [9.17, 15) is 0 Å². The molecule has 82 valence electrons. The molecule has 0 radical (unpaired) electrons. The van der Waals surface area contributed by atoms with Crippen molar-refractivity contribution in [3.05, 3.63) is 23.9 Å². The van der Waals surface area contributed by atoms with Gasteiger partial charge in [0, 0.05) is 12.2 Å². The molecule has 0 aromatic carbocycles. The van der Waals surface area contributed by atoms with Crippen LogP contribution in [-0.2, 0) is 0 Å². The molecular formula is C13H20N2. The summed E-state index contributed by atoms with van der Waals surface area (Å²) in [7, 11) is 0. The van der Waals surface area contributed by atoms with Gasteiger partial charge in [0.25, 0.3) is 0 Å². The molecule has 1 aliphatic carbocycles. The van der Waals surface area contributed by atoms with Crippen LogP contribution in [0.2, 0.25) is 0 Å². The van der Waals surface area contributed by atoms with E-state index in [1.54, 1.807) is 0 Å². The number of aromatic nitrogens is 1. The van der Waals surface area contributed by atoms with Crippen LogP contribution in [0.15, 0.2) is 18.3 Å². The molecule has 0 saturated heterocycles. The lowest BCUT2D eigenvalue weighted by molar-refractivity contribution is 0.211. The second-order valence-electron chi connectivity index (χ2n) is 5.04. The molecule has 1 aliphatic rings. The third-order valence-corrected chi connectivity index (χ3v) is 3.38. The van der Waals surface area contributed by atoms with Gasteiger partial charge < -0.3 is 5.32 Å². The monoisotopic (exact) mass is 204 g/mol. The Labute approximate surface area is 92.1 Å². The maximum Gasteiger partial charge on any atom is 0.126 e. The van der Waals surface area contributed by atoms with E-state index in [4.69, 9.17) is 0 Å². The van der Waals surface area contributed by atoms with Gasteiger partial charge in [0.05, 0.1) is 0 Å². The Kier molecular flexibility index (Phi) is 2.94. The summed E-state index contributed by atoms with van der Waals surface area (Å²) in [6.07, 6.45) is 4.52. The molecule has 0 spiro atoms. The largest absolute Gasteiger partial charge is 0.367 e. The number of pyridine rings is 1. The van der Waals surface area contributed by atoms with Crippen molar-refractivity contribution < 1.29 is 0 Å². The van der Waals surface area contributed by atoms with Crippen LogP contribution in [0.4, 0.5) is 5.82 Å². The van der Waals surface area contributed by atoms with Crippen LogP contribution in [-0.4, -0.2) is 11.0 Å². The fourth-order valence-electron chi connectivity index (χ4n) is 2.09. The zero-order valence-electron chi connectivity index (χ0n) is 9.83. The molecule has 1 heterocycles. The van der Waals surface area contributed by atoms with Gasteiger partial charge in [0.1, 0.15) is 5.82 Å². The molecule has 2 nitrogen and oxygen atoms in total. The van der Waals surface area contributed by atoms with Gasteiger partial charge in [0.2, 0.25) is 0 Å². The molecule has 2 heteroatoms. The van der Waals surface area contributed by atoms with E-state index in [1.807, 2.05) is 6.20 Å². The fraction of sp³-hybridized carbons (Fsp3) is 0.615. The first-order valence-electron chi connectivity index (χ1n) is 5.84. The Bertz CT molecular complexity index is 310. The van der Waals surface area contributed by atoms with Crippen molar-refractivity contribution in [1.29, 1.82) is 0 Å². The minimum absolute atomic E-state index is 0.646. The van der Waals surface area contributed by atoms with Gasteiger partial charge in [-0.15, -0.1) is 0 Å². The Morgan fingerprint density at radius 3 is 2.60 bits per heavy atom. The lowest BCUT2D eigenvalue weighted by Crippen LogP contribution is -2.38. The van der Waals surface area contributed by atoms with E-state index in [1.165, 1.54) is 18.4 Å². The summed E-state index contributed by atoms with van der Waals surface area (Å²) >= 11 is 0. The first-order valence-corrected chi connectivity index (χ1v) is 5.84. The number of anilines is 1. The number of nitrogens with one attached hydrogen (secondary N) is 1. The highest BCUT2D eigenvalue weighted by Crippen LogP contribution is 2.35. The van der Waals surface area contributed by atoms with Crippen molar-refractivity contribution in [2.75, 3.05) is 5.32 Å². The van der Waals surface area contributed by atoms with Crippen LogP contribution in [0, 0.1) is 18.8 Å². The van der Waals surface area contributed by atoms with Gasteiger partial charge in [-0.3, -0.25) is 0 Å². The number of hydrogen-bond acceptors (Lipinski definition) is 2. The van der Waals surface area contributed by atoms with Crippen molar-refractivity contribution in [2.24, 2.45) is 11.8 Å². The van der Waals surface area contributed by atoms with E-state index in [-0.39, 0.29) is 0 Å². The molecule has 1 aromatic heterocycles. The lowest BCUT2D eigenvalue weighted by atomic mass is 9.74. The maximum absolute atomic E-state index is 4.36. The summed E-state index contributed by atoms with van der Waals surface area (Å²) in [6.45, 7) is 6.69. The summed E-state index contributed by atoms with van der Waals surface area (Å²) < 4.78 is 0. The summed E-state index contributed by atoms with van der Waals surface area (Å²) in [6, 6.07) is 4.82. The van der Waals surface area contributed by atoms with Crippen molar-refractivity contribution in [1.82, 2.24) is 4.98 Å². The summed E-state index contributed by atoms with van der Waals surface area (Å²) in [4.78, 5) is 4.36. The first kappa shape index (κ1) is 10.5. The first-order chi connectivity index (χ1) is 7.15. The van der Waals surface area contributed by atoms with E-state index in [0.29, 0.717) is 6.04 Å². The van der Waals surface area contributed by atoms with Crippen LogP contribution in [0.25, 0.3) is 0 Å². The Balaban J connectivity index is 1.82. The van der Waals surface area contributed by atoms with E-state index in [0.717, 1.165) is 17.7 Å². The third kappa shape index (κ3) is 2.49. The van der Waals surface area contributed by atoms with Crippen molar-refractivity contribution in [3.8, 4) is 0 Å². The highest BCUT2D eigenvalue weighted by atomic mass is 15.0. The lowest BCUT2D eigenvalue weighted by Gasteiger charge is -2.38. The van der Waals surface area contributed by atoms with Crippen LogP contribution in [0.1, 0.15) is 32.3 Å². The fourth-order valence-corrected chi connectivity index (χ4v) is 2.09. The molecule has 1 aromatic rings. The Morgan fingerprint density at radius 2 is 2.07 bits per heavy atom. The predicted octanol–water partition coefficient (Wildman–Crippen LogP) is 3.24. The molecule has 0 unspecified atom stereocenters. The van der Waals surface area contributed by atoms with E-state index >= 15 is 0 Å². The van der Waals surface area contributed by atoms with Gasteiger partial charge >= 0.3 is 0 Å². The summed E-state index contributed by atoms with van der Waals surface area (Å²) in [5.74, 6) is 2.76. The molecule has 1 fully saturated rings. The van der Waals surface area contributed by atoms with E-state index < -0.39 is 0 Å². The van der Waals surface area contributed by atoms with E-state index in [2.05, 4.69) is 43.2 Å². The highest BCUT2D eigenvalue weighted by Gasteiger charge is 2.30. The molecule has 0 bridgehead atoms. The zero-order valence-corrected chi connectivity index (χ0v) is 9.83. The average Bonchev–Trinajstić information content (AvgIpc) is 2.13. The number of hydrogen-bond donors (Lipinski definition) is 1. The number of nitrogens with zero attached hydrogens (tertiary/aromatic N) is 1. The number of rotatable bonds is 3. The van der Waals surface area contributed by atoms with Gasteiger partial charge in [-0.1, -0.05) is 19.9 Å². The summed E-state index contributed by atoms with van der Waals surface area (Å²) in [5, 5.41) is 3.48. The smallest absolute Gasteiger partial charge is 0.126 e. The molecule has 0 atom stereocenters. The molecule has 0 amide bonds. The van der Waals surface area contributed by atoms with Crippen molar-refractivity contribution in [3.63, 3.8) is 0 Å². The standard InChI is InChI=1S/C13H20N2/c1-9(2)11-6-12(7-11)15-13-5-4-10(3)8-14-13/h4-5,8-9,11-12H,6-7H2,1-3H3,(H,14,15). The Hall–Kier alpha value is -1.05. The molecule has 1 N–H and O–H groups in total. The third-order valence-electron chi connectivity index (χ3n) is 3.38. The molecular weight excluding hydrogens is 184 g/mol. The van der Waals surface area contributed by atoms with Gasteiger partial charge in [-0.25, -0.2) is 4.98 Å². The zero-order chi connectivity index (χ0) is 10.8. The minimum atomic E-state index is 0.646. The topological polar surface area (TPSA) is 24.9 Å². The van der Waals surface area contributed by atoms with Crippen LogP contribution < -0.4 is 5.32 Å². The predicted molar refractivity (Wildman–Crippen MR) is 63.9 cm³/mol. The Morgan fingerprint density at radius 1 is 1.33 bits per heavy atom. The van der Waals surface area contributed by atoms with Crippen molar-refractivity contribution >= 4 is 5.82 Å². The van der Waals surface area contributed by atoms with Gasteiger partial charge in [-0.05, 0) is 43.2 Å². The molecule has 0 aliphatic heterocycles. The number of aryl methyl sites for hydroxylation is 1. The average molecular weight is 204 g/mol.